The number of piperazine rings is 1. The molecule has 1 heterocycles. The number of carbonyl (C=O) groups is 1. The van der Waals surface area contributed by atoms with Gasteiger partial charge in [0.25, 0.3) is 5.91 Å². The fourth-order valence-electron chi connectivity index (χ4n) is 2.37. The molecule has 1 fully saturated rings. The predicted octanol–water partition coefficient (Wildman–Crippen LogP) is 2.09. The van der Waals surface area contributed by atoms with E-state index >= 15 is 0 Å². The summed E-state index contributed by atoms with van der Waals surface area (Å²) in [7, 11) is 0. The van der Waals surface area contributed by atoms with Gasteiger partial charge in [0.05, 0.1) is 10.6 Å². The normalized spacial score (nSPS) is 16.6. The van der Waals surface area contributed by atoms with Crippen molar-refractivity contribution in [2.75, 3.05) is 38.5 Å². The van der Waals surface area contributed by atoms with Crippen LogP contribution in [0.25, 0.3) is 0 Å². The van der Waals surface area contributed by atoms with Crippen LogP contribution < -0.4 is 5.73 Å². The summed E-state index contributed by atoms with van der Waals surface area (Å²) in [5.41, 5.74) is 6.76. The highest BCUT2D eigenvalue weighted by Crippen LogP contribution is 2.21. The molecule has 2 N–H and O–H groups in total. The van der Waals surface area contributed by atoms with Crippen LogP contribution in [0.1, 0.15) is 23.7 Å². The Bertz CT molecular complexity index is 456. The molecule has 0 spiro atoms. The van der Waals surface area contributed by atoms with E-state index in [1.54, 1.807) is 18.2 Å². The molecule has 5 heteroatoms. The number of nitrogen functional groups attached to an aromatic ring is 1. The predicted molar refractivity (Wildman–Crippen MR) is 78.5 cm³/mol. The molecular formula is C14H20ClN3O. The average Bonchev–Trinajstić information content (AvgIpc) is 2.39. The molecule has 4 nitrogen and oxygen atoms in total. The standard InChI is InChI=1S/C14H20ClN3O/c1-2-5-17-6-8-18(9-7-17)14(19)12-4-3-11(16)10-13(12)15/h3-4,10H,2,5-9,16H2,1H3. The summed E-state index contributed by atoms with van der Waals surface area (Å²) < 4.78 is 0. The molecule has 104 valence electrons. The second-order valence-electron chi connectivity index (χ2n) is 4.87. The molecule has 1 aromatic carbocycles. The third kappa shape index (κ3) is 3.39. The highest BCUT2D eigenvalue weighted by molar-refractivity contribution is 6.34. The average molecular weight is 282 g/mol. The third-order valence-corrected chi connectivity index (χ3v) is 3.74. The fraction of sp³-hybridized carbons (Fsp3) is 0.500. The Balaban J connectivity index is 2.01. The van der Waals surface area contributed by atoms with E-state index in [1.807, 2.05) is 4.90 Å². The number of carbonyl (C=O) groups excluding carboxylic acids is 1. The smallest absolute Gasteiger partial charge is 0.255 e. The minimum absolute atomic E-state index is 0.00106. The van der Waals surface area contributed by atoms with E-state index in [0.717, 1.165) is 39.1 Å². The minimum atomic E-state index is 0.00106. The number of hydrogen-bond donors (Lipinski definition) is 1. The molecule has 2 rings (SSSR count). The summed E-state index contributed by atoms with van der Waals surface area (Å²) in [5, 5.41) is 0.431. The Kier molecular flexibility index (Phi) is 4.66. The van der Waals surface area contributed by atoms with Crippen molar-refractivity contribution in [3.8, 4) is 0 Å². The van der Waals surface area contributed by atoms with Gasteiger partial charge in [-0.3, -0.25) is 9.69 Å². The van der Waals surface area contributed by atoms with E-state index in [4.69, 9.17) is 17.3 Å². The number of rotatable bonds is 3. The van der Waals surface area contributed by atoms with Gasteiger partial charge in [-0.25, -0.2) is 0 Å². The molecule has 0 unspecified atom stereocenters. The van der Waals surface area contributed by atoms with Crippen LogP contribution in [-0.2, 0) is 0 Å². The Labute approximate surface area is 119 Å². The molecule has 1 amide bonds. The second-order valence-corrected chi connectivity index (χ2v) is 5.28. The summed E-state index contributed by atoms with van der Waals surface area (Å²) in [6, 6.07) is 5.05. The fourth-order valence-corrected chi connectivity index (χ4v) is 2.64. The van der Waals surface area contributed by atoms with Gasteiger partial charge in [0.2, 0.25) is 0 Å². The summed E-state index contributed by atoms with van der Waals surface area (Å²) in [6.07, 6.45) is 1.15. The number of halogens is 1. The molecule has 0 atom stereocenters. The lowest BCUT2D eigenvalue weighted by Crippen LogP contribution is -2.48. The van der Waals surface area contributed by atoms with Crippen molar-refractivity contribution >= 4 is 23.2 Å². The number of benzene rings is 1. The second kappa shape index (κ2) is 6.26. The highest BCUT2D eigenvalue weighted by atomic mass is 35.5. The van der Waals surface area contributed by atoms with Crippen LogP contribution in [0.5, 0.6) is 0 Å². The van der Waals surface area contributed by atoms with Crippen LogP contribution in [0.3, 0.4) is 0 Å². The van der Waals surface area contributed by atoms with Gasteiger partial charge in [0.1, 0.15) is 0 Å². The monoisotopic (exact) mass is 281 g/mol. The highest BCUT2D eigenvalue weighted by Gasteiger charge is 2.23. The molecule has 1 aliphatic heterocycles. The molecule has 0 bridgehead atoms. The lowest BCUT2D eigenvalue weighted by atomic mass is 10.1. The van der Waals surface area contributed by atoms with E-state index in [2.05, 4.69) is 11.8 Å². The zero-order valence-corrected chi connectivity index (χ0v) is 12.0. The Morgan fingerprint density at radius 3 is 2.58 bits per heavy atom. The zero-order chi connectivity index (χ0) is 13.8. The Morgan fingerprint density at radius 2 is 2.00 bits per heavy atom. The Morgan fingerprint density at radius 1 is 1.32 bits per heavy atom. The van der Waals surface area contributed by atoms with Gasteiger partial charge in [-0.05, 0) is 31.2 Å². The molecule has 0 saturated carbocycles. The molecule has 0 aliphatic carbocycles. The number of amides is 1. The maximum Gasteiger partial charge on any atom is 0.255 e. The van der Waals surface area contributed by atoms with Crippen molar-refractivity contribution in [1.29, 1.82) is 0 Å². The van der Waals surface area contributed by atoms with Crippen molar-refractivity contribution < 1.29 is 4.79 Å². The molecule has 1 aliphatic rings. The molecule has 0 radical (unpaired) electrons. The summed E-state index contributed by atoms with van der Waals surface area (Å²) in [4.78, 5) is 16.6. The molecule has 1 saturated heterocycles. The van der Waals surface area contributed by atoms with Crippen molar-refractivity contribution in [2.24, 2.45) is 0 Å². The number of hydrogen-bond acceptors (Lipinski definition) is 3. The van der Waals surface area contributed by atoms with Gasteiger partial charge in [0.15, 0.2) is 0 Å². The quantitative estimate of drug-likeness (QED) is 0.863. The van der Waals surface area contributed by atoms with Gasteiger partial charge >= 0.3 is 0 Å². The van der Waals surface area contributed by atoms with E-state index in [-0.39, 0.29) is 5.91 Å². The lowest BCUT2D eigenvalue weighted by molar-refractivity contribution is 0.0637. The van der Waals surface area contributed by atoms with Crippen molar-refractivity contribution in [1.82, 2.24) is 9.80 Å². The molecule has 1 aromatic rings. The summed E-state index contributed by atoms with van der Waals surface area (Å²) in [6.45, 7) is 6.67. The number of nitrogens with zero attached hydrogens (tertiary/aromatic N) is 2. The summed E-state index contributed by atoms with van der Waals surface area (Å²) in [5.74, 6) is 0.00106. The topological polar surface area (TPSA) is 49.6 Å². The van der Waals surface area contributed by atoms with Crippen LogP contribution in [0, 0.1) is 0 Å². The van der Waals surface area contributed by atoms with E-state index in [1.165, 1.54) is 0 Å². The van der Waals surface area contributed by atoms with Crippen molar-refractivity contribution in [3.63, 3.8) is 0 Å². The van der Waals surface area contributed by atoms with Gasteiger partial charge < -0.3 is 10.6 Å². The van der Waals surface area contributed by atoms with Crippen molar-refractivity contribution in [3.05, 3.63) is 28.8 Å². The maximum absolute atomic E-state index is 12.4. The maximum atomic E-state index is 12.4. The van der Waals surface area contributed by atoms with Crippen LogP contribution in [0.4, 0.5) is 5.69 Å². The first-order chi connectivity index (χ1) is 9.11. The third-order valence-electron chi connectivity index (χ3n) is 3.42. The first kappa shape index (κ1) is 14.2. The Hall–Kier alpha value is -1.26. The number of nitrogens with two attached hydrogens (primary N) is 1. The SMILES string of the molecule is CCCN1CCN(C(=O)c2ccc(N)cc2Cl)CC1. The van der Waals surface area contributed by atoms with E-state index in [9.17, 15) is 4.79 Å². The number of anilines is 1. The van der Waals surface area contributed by atoms with Crippen LogP contribution in [0.2, 0.25) is 5.02 Å². The first-order valence-corrected chi connectivity index (χ1v) is 7.06. The van der Waals surface area contributed by atoms with E-state index < -0.39 is 0 Å². The van der Waals surface area contributed by atoms with Gasteiger partial charge in [0, 0.05) is 31.9 Å². The van der Waals surface area contributed by atoms with Crippen LogP contribution in [-0.4, -0.2) is 48.4 Å². The van der Waals surface area contributed by atoms with Gasteiger partial charge in [-0.15, -0.1) is 0 Å². The van der Waals surface area contributed by atoms with Gasteiger partial charge in [-0.2, -0.15) is 0 Å². The van der Waals surface area contributed by atoms with Crippen LogP contribution in [0.15, 0.2) is 18.2 Å². The molecule has 19 heavy (non-hydrogen) atoms. The largest absolute Gasteiger partial charge is 0.399 e. The van der Waals surface area contributed by atoms with Crippen molar-refractivity contribution in [2.45, 2.75) is 13.3 Å². The lowest BCUT2D eigenvalue weighted by Gasteiger charge is -2.34. The molecule has 0 aromatic heterocycles. The first-order valence-electron chi connectivity index (χ1n) is 6.68. The van der Waals surface area contributed by atoms with Gasteiger partial charge in [-0.1, -0.05) is 18.5 Å². The summed E-state index contributed by atoms with van der Waals surface area (Å²) >= 11 is 6.08. The van der Waals surface area contributed by atoms with Crippen LogP contribution >= 0.6 is 11.6 Å². The minimum Gasteiger partial charge on any atom is -0.399 e. The van der Waals surface area contributed by atoms with E-state index in [0.29, 0.717) is 16.3 Å². The molecular weight excluding hydrogens is 262 g/mol. The zero-order valence-electron chi connectivity index (χ0n) is 11.2.